The van der Waals surface area contributed by atoms with Crippen LogP contribution in [0.1, 0.15) is 36.2 Å². The van der Waals surface area contributed by atoms with Gasteiger partial charge in [0.2, 0.25) is 5.91 Å². The van der Waals surface area contributed by atoms with E-state index in [0.717, 1.165) is 57.9 Å². The lowest BCUT2D eigenvalue weighted by Gasteiger charge is -2.35. The van der Waals surface area contributed by atoms with Gasteiger partial charge in [0.25, 0.3) is 0 Å². The fourth-order valence-corrected chi connectivity index (χ4v) is 4.79. The summed E-state index contributed by atoms with van der Waals surface area (Å²) in [4.78, 5) is 17.5. The quantitative estimate of drug-likeness (QED) is 0.761. The SMILES string of the molecule is Cc1nn(C)c(C)c1CN1CCN(C(=O)C2CC23CCNCC3)CC1.Cl.Cl.Cl. The summed E-state index contributed by atoms with van der Waals surface area (Å²) in [5.41, 5.74) is 4.08. The molecule has 1 spiro atoms. The Hall–Kier alpha value is -0.530. The summed E-state index contributed by atoms with van der Waals surface area (Å²) in [5, 5.41) is 7.94. The smallest absolute Gasteiger partial charge is 0.226 e. The number of hydrogen-bond acceptors (Lipinski definition) is 4. The molecule has 162 valence electrons. The van der Waals surface area contributed by atoms with Crippen LogP contribution in [0.4, 0.5) is 0 Å². The first-order valence-corrected chi connectivity index (χ1v) is 9.71. The average molecular weight is 455 g/mol. The molecule has 1 unspecified atom stereocenters. The third-order valence-corrected chi connectivity index (χ3v) is 6.81. The first-order valence-electron chi connectivity index (χ1n) is 9.71. The maximum absolute atomic E-state index is 12.9. The summed E-state index contributed by atoms with van der Waals surface area (Å²) in [5.74, 6) is 0.735. The van der Waals surface area contributed by atoms with Gasteiger partial charge >= 0.3 is 0 Å². The van der Waals surface area contributed by atoms with Gasteiger partial charge in [-0.25, -0.2) is 0 Å². The Bertz CT molecular complexity index is 667. The van der Waals surface area contributed by atoms with Crippen molar-refractivity contribution in [1.29, 1.82) is 0 Å². The van der Waals surface area contributed by atoms with Crippen molar-refractivity contribution in [3.63, 3.8) is 0 Å². The fraction of sp³-hybridized carbons (Fsp3) is 0.789. The zero-order valence-corrected chi connectivity index (χ0v) is 19.5. The van der Waals surface area contributed by atoms with Crippen LogP contribution in [0.2, 0.25) is 0 Å². The van der Waals surface area contributed by atoms with E-state index in [4.69, 9.17) is 0 Å². The number of piperidine rings is 1. The molecule has 1 aromatic heterocycles. The molecule has 1 atom stereocenters. The highest BCUT2D eigenvalue weighted by molar-refractivity contribution is 5.86. The van der Waals surface area contributed by atoms with Crippen LogP contribution >= 0.6 is 37.2 Å². The molecule has 3 heterocycles. The Balaban J connectivity index is 0.00000131. The second kappa shape index (κ2) is 9.98. The third-order valence-electron chi connectivity index (χ3n) is 6.81. The van der Waals surface area contributed by atoms with Crippen molar-refractivity contribution in [1.82, 2.24) is 24.9 Å². The predicted molar refractivity (Wildman–Crippen MR) is 119 cm³/mol. The Labute approximate surface area is 187 Å². The van der Waals surface area contributed by atoms with Gasteiger partial charge in [0.05, 0.1) is 5.69 Å². The molecule has 2 aliphatic heterocycles. The summed E-state index contributed by atoms with van der Waals surface area (Å²) in [6.45, 7) is 11.1. The number of amides is 1. The number of halogens is 3. The van der Waals surface area contributed by atoms with Crippen LogP contribution in [0, 0.1) is 25.2 Å². The summed E-state index contributed by atoms with van der Waals surface area (Å²) in [6.07, 6.45) is 3.49. The molecule has 28 heavy (non-hydrogen) atoms. The number of rotatable bonds is 3. The normalized spacial score (nSPS) is 23.4. The molecule has 1 aromatic rings. The lowest BCUT2D eigenvalue weighted by molar-refractivity contribution is -0.135. The standard InChI is InChI=1S/C19H31N5O.3ClH/c1-14-16(15(2)22(3)21-14)13-23-8-10-24(11-9-23)18(25)17-12-19(17)4-6-20-7-5-19;;;/h17,20H,4-13H2,1-3H3;3*1H. The van der Waals surface area contributed by atoms with Crippen molar-refractivity contribution in [3.8, 4) is 0 Å². The molecule has 1 N–H and O–H groups in total. The largest absolute Gasteiger partial charge is 0.340 e. The van der Waals surface area contributed by atoms with Gasteiger partial charge in [-0.1, -0.05) is 0 Å². The van der Waals surface area contributed by atoms with Crippen molar-refractivity contribution in [3.05, 3.63) is 17.0 Å². The highest BCUT2D eigenvalue weighted by Gasteiger charge is 2.58. The van der Waals surface area contributed by atoms with Crippen LogP contribution in [-0.4, -0.2) is 64.8 Å². The van der Waals surface area contributed by atoms with Gasteiger partial charge in [-0.3, -0.25) is 14.4 Å². The van der Waals surface area contributed by atoms with E-state index >= 15 is 0 Å². The van der Waals surface area contributed by atoms with Crippen molar-refractivity contribution < 1.29 is 4.79 Å². The minimum atomic E-state index is 0. The van der Waals surface area contributed by atoms with Gasteiger partial charge in [-0.2, -0.15) is 5.10 Å². The van der Waals surface area contributed by atoms with Gasteiger partial charge in [0.15, 0.2) is 0 Å². The maximum Gasteiger partial charge on any atom is 0.226 e. The van der Waals surface area contributed by atoms with Crippen molar-refractivity contribution in [2.75, 3.05) is 39.3 Å². The minimum Gasteiger partial charge on any atom is -0.340 e. The van der Waals surface area contributed by atoms with Crippen LogP contribution in [-0.2, 0) is 18.4 Å². The Kier molecular flexibility index (Phi) is 9.10. The summed E-state index contributed by atoms with van der Waals surface area (Å²) in [6, 6.07) is 0. The van der Waals surface area contributed by atoms with E-state index in [1.165, 1.54) is 24.1 Å². The van der Waals surface area contributed by atoms with Crippen molar-refractivity contribution in [2.24, 2.45) is 18.4 Å². The molecule has 0 aromatic carbocycles. The first-order chi connectivity index (χ1) is 12.0. The summed E-state index contributed by atoms with van der Waals surface area (Å²) >= 11 is 0. The van der Waals surface area contributed by atoms with Gasteiger partial charge in [-0.05, 0) is 51.6 Å². The molecular formula is C19H34Cl3N5O. The van der Waals surface area contributed by atoms with Gasteiger partial charge in [0, 0.05) is 56.9 Å². The van der Waals surface area contributed by atoms with Gasteiger partial charge in [0.1, 0.15) is 0 Å². The molecule has 6 nitrogen and oxygen atoms in total. The molecule has 0 bridgehead atoms. The molecule has 1 aliphatic carbocycles. The van der Waals surface area contributed by atoms with Crippen molar-refractivity contribution >= 4 is 43.1 Å². The second-order valence-corrected chi connectivity index (χ2v) is 8.24. The van der Waals surface area contributed by atoms with E-state index in [-0.39, 0.29) is 37.2 Å². The molecular weight excluding hydrogens is 421 g/mol. The number of aromatic nitrogens is 2. The number of nitrogens with zero attached hydrogens (tertiary/aromatic N) is 4. The van der Waals surface area contributed by atoms with Gasteiger partial charge in [-0.15, -0.1) is 37.2 Å². The summed E-state index contributed by atoms with van der Waals surface area (Å²) in [7, 11) is 2.01. The van der Waals surface area contributed by atoms with Gasteiger partial charge < -0.3 is 10.2 Å². The number of carbonyl (C=O) groups excluding carboxylic acids is 1. The molecule has 3 aliphatic rings. The molecule has 1 saturated carbocycles. The summed E-state index contributed by atoms with van der Waals surface area (Å²) < 4.78 is 1.97. The third kappa shape index (κ3) is 4.78. The molecule has 2 saturated heterocycles. The van der Waals surface area contributed by atoms with E-state index in [2.05, 4.69) is 34.1 Å². The minimum absolute atomic E-state index is 0. The molecule has 3 fully saturated rings. The Morgan fingerprint density at radius 2 is 1.71 bits per heavy atom. The van der Waals surface area contributed by atoms with Crippen LogP contribution < -0.4 is 5.32 Å². The monoisotopic (exact) mass is 453 g/mol. The number of aryl methyl sites for hydroxylation is 2. The Morgan fingerprint density at radius 1 is 1.11 bits per heavy atom. The van der Waals surface area contributed by atoms with E-state index in [1.807, 2.05) is 11.7 Å². The average Bonchev–Trinajstić information content (AvgIpc) is 3.25. The van der Waals surface area contributed by atoms with E-state index in [1.54, 1.807) is 0 Å². The number of nitrogens with one attached hydrogen (secondary N) is 1. The number of piperazine rings is 1. The van der Waals surface area contributed by atoms with Crippen molar-refractivity contribution in [2.45, 2.75) is 39.7 Å². The molecule has 0 radical (unpaired) electrons. The molecule has 1 amide bonds. The van der Waals surface area contributed by atoms with Crippen LogP contribution in [0.25, 0.3) is 0 Å². The first kappa shape index (κ1) is 25.5. The Morgan fingerprint density at radius 3 is 2.25 bits per heavy atom. The van der Waals surface area contributed by atoms with Crippen LogP contribution in [0.15, 0.2) is 0 Å². The fourth-order valence-electron chi connectivity index (χ4n) is 4.79. The van der Waals surface area contributed by atoms with E-state index in [0.29, 0.717) is 17.2 Å². The molecule has 9 heteroatoms. The lowest BCUT2D eigenvalue weighted by atomic mass is 9.91. The van der Waals surface area contributed by atoms with Crippen LogP contribution in [0.5, 0.6) is 0 Å². The number of carbonyl (C=O) groups is 1. The second-order valence-electron chi connectivity index (χ2n) is 8.24. The molecule has 4 rings (SSSR count). The topological polar surface area (TPSA) is 53.4 Å². The predicted octanol–water partition coefficient (Wildman–Crippen LogP) is 2.34. The highest BCUT2D eigenvalue weighted by atomic mass is 35.5. The zero-order chi connectivity index (χ0) is 17.6. The number of hydrogen-bond donors (Lipinski definition) is 1. The maximum atomic E-state index is 12.9. The van der Waals surface area contributed by atoms with E-state index < -0.39 is 0 Å². The lowest BCUT2D eigenvalue weighted by Crippen LogP contribution is -2.49. The van der Waals surface area contributed by atoms with Crippen LogP contribution in [0.3, 0.4) is 0 Å². The van der Waals surface area contributed by atoms with E-state index in [9.17, 15) is 4.79 Å². The zero-order valence-electron chi connectivity index (χ0n) is 17.1. The highest BCUT2D eigenvalue weighted by Crippen LogP contribution is 2.59.